The fraction of sp³-hybridized carbons (Fsp3) is 1.00. The third kappa shape index (κ3) is 2.92. The molecule has 0 aromatic heterocycles. The molecule has 0 bridgehead atoms. The first-order valence-corrected chi connectivity index (χ1v) is 5.38. The summed E-state index contributed by atoms with van der Waals surface area (Å²) in [5, 5.41) is 28.1. The molecule has 4 nitrogen and oxygen atoms in total. The van der Waals surface area contributed by atoms with E-state index in [-0.39, 0.29) is 12.5 Å². The van der Waals surface area contributed by atoms with E-state index in [0.717, 1.165) is 19.4 Å². The van der Waals surface area contributed by atoms with Gasteiger partial charge in [0.2, 0.25) is 0 Å². The Morgan fingerprint density at radius 1 is 1.29 bits per heavy atom. The van der Waals surface area contributed by atoms with Gasteiger partial charge < -0.3 is 20.2 Å². The largest absolute Gasteiger partial charge is 0.396 e. The molecule has 0 aliphatic carbocycles. The zero-order chi connectivity index (χ0) is 10.6. The summed E-state index contributed by atoms with van der Waals surface area (Å²) in [6.45, 7) is 4.22. The number of likely N-dealkylation sites (tertiary alicyclic amines) is 1. The van der Waals surface area contributed by atoms with E-state index in [4.69, 9.17) is 5.11 Å². The Morgan fingerprint density at radius 2 is 2.00 bits per heavy atom. The van der Waals surface area contributed by atoms with Crippen LogP contribution in [-0.2, 0) is 0 Å². The first-order valence-electron chi connectivity index (χ1n) is 5.38. The van der Waals surface area contributed by atoms with Gasteiger partial charge in [-0.1, -0.05) is 13.3 Å². The van der Waals surface area contributed by atoms with Crippen LogP contribution in [0.1, 0.15) is 19.8 Å². The van der Waals surface area contributed by atoms with Gasteiger partial charge >= 0.3 is 0 Å². The molecule has 0 spiro atoms. The molecule has 0 saturated carbocycles. The van der Waals surface area contributed by atoms with E-state index in [9.17, 15) is 10.2 Å². The average molecular weight is 203 g/mol. The molecule has 3 N–H and O–H groups in total. The van der Waals surface area contributed by atoms with Crippen LogP contribution >= 0.6 is 0 Å². The number of rotatable bonds is 4. The summed E-state index contributed by atoms with van der Waals surface area (Å²) >= 11 is 0. The minimum absolute atomic E-state index is 0.0547. The maximum absolute atomic E-state index is 9.55. The predicted octanol–water partition coefficient (Wildman–Crippen LogP) is -0.568. The Labute approximate surface area is 85.2 Å². The summed E-state index contributed by atoms with van der Waals surface area (Å²) in [6.07, 6.45) is 0.746. The lowest BCUT2D eigenvalue weighted by Gasteiger charge is -2.38. The number of aliphatic hydroxyl groups is 3. The van der Waals surface area contributed by atoms with Gasteiger partial charge in [0.25, 0.3) is 0 Å². The maximum atomic E-state index is 9.55. The summed E-state index contributed by atoms with van der Waals surface area (Å²) in [6, 6.07) is 0. The van der Waals surface area contributed by atoms with E-state index in [1.807, 2.05) is 0 Å². The summed E-state index contributed by atoms with van der Waals surface area (Å²) < 4.78 is 0. The third-order valence-corrected chi connectivity index (χ3v) is 2.88. The first-order chi connectivity index (χ1) is 6.69. The van der Waals surface area contributed by atoms with Gasteiger partial charge in [0.05, 0.1) is 12.2 Å². The molecule has 0 aromatic carbocycles. The van der Waals surface area contributed by atoms with Crippen LogP contribution in [0.15, 0.2) is 0 Å². The summed E-state index contributed by atoms with van der Waals surface area (Å²) in [5.41, 5.74) is 0. The quantitative estimate of drug-likeness (QED) is 0.573. The zero-order valence-electron chi connectivity index (χ0n) is 8.76. The normalized spacial score (nSPS) is 34.7. The number of aliphatic hydroxyl groups excluding tert-OH is 3. The molecular weight excluding hydrogens is 182 g/mol. The number of nitrogens with zero attached hydrogens (tertiary/aromatic N) is 1. The van der Waals surface area contributed by atoms with Crippen molar-refractivity contribution in [1.29, 1.82) is 0 Å². The molecule has 4 heteroatoms. The summed E-state index contributed by atoms with van der Waals surface area (Å²) in [5.74, 6) is -0.199. The molecular formula is C10H21NO3. The van der Waals surface area contributed by atoms with Crippen LogP contribution in [0.4, 0.5) is 0 Å². The standard InChI is InChI=1S/C10H21NO3/c1-2-3-4-11-5-8(7-12)10(14)9(13)6-11/h8-10,12-14H,2-7H2,1H3/t8-,9+,10-/m0/s1. The van der Waals surface area contributed by atoms with Crippen molar-refractivity contribution in [1.82, 2.24) is 4.90 Å². The number of unbranched alkanes of at least 4 members (excludes halogenated alkanes) is 1. The minimum Gasteiger partial charge on any atom is -0.396 e. The highest BCUT2D eigenvalue weighted by molar-refractivity contribution is 4.85. The van der Waals surface area contributed by atoms with Crippen molar-refractivity contribution in [2.24, 2.45) is 5.92 Å². The van der Waals surface area contributed by atoms with Crippen molar-refractivity contribution in [3.63, 3.8) is 0 Å². The highest BCUT2D eigenvalue weighted by Gasteiger charge is 2.33. The van der Waals surface area contributed by atoms with Crippen LogP contribution < -0.4 is 0 Å². The number of hydrogen-bond acceptors (Lipinski definition) is 4. The van der Waals surface area contributed by atoms with Crippen molar-refractivity contribution in [2.75, 3.05) is 26.2 Å². The van der Waals surface area contributed by atoms with E-state index in [0.29, 0.717) is 13.1 Å². The van der Waals surface area contributed by atoms with Gasteiger partial charge in [-0.05, 0) is 13.0 Å². The van der Waals surface area contributed by atoms with Crippen LogP contribution in [0.5, 0.6) is 0 Å². The van der Waals surface area contributed by atoms with E-state index in [1.54, 1.807) is 0 Å². The summed E-state index contributed by atoms with van der Waals surface area (Å²) in [7, 11) is 0. The molecule has 1 heterocycles. The van der Waals surface area contributed by atoms with Gasteiger partial charge in [-0.15, -0.1) is 0 Å². The molecule has 14 heavy (non-hydrogen) atoms. The topological polar surface area (TPSA) is 63.9 Å². The first kappa shape index (κ1) is 11.9. The third-order valence-electron chi connectivity index (χ3n) is 2.88. The molecule has 1 rings (SSSR count). The van der Waals surface area contributed by atoms with Crippen molar-refractivity contribution < 1.29 is 15.3 Å². The molecule has 3 atom stereocenters. The fourth-order valence-corrected chi connectivity index (χ4v) is 1.93. The maximum Gasteiger partial charge on any atom is 0.0929 e. The molecule has 84 valence electrons. The van der Waals surface area contributed by atoms with E-state index >= 15 is 0 Å². The van der Waals surface area contributed by atoms with Crippen LogP contribution in [0.2, 0.25) is 0 Å². The number of β-amino-alcohol motifs (C(OH)–C–C–N with tert-alkyl or cyclic N) is 1. The Bertz CT molecular complexity index is 165. The summed E-state index contributed by atoms with van der Waals surface area (Å²) in [4.78, 5) is 2.11. The number of piperidine rings is 1. The molecule has 1 fully saturated rings. The SMILES string of the molecule is CCCCN1C[C@@H](CO)[C@H](O)[C@H](O)C1. The van der Waals surface area contributed by atoms with Gasteiger partial charge in [-0.3, -0.25) is 0 Å². The van der Waals surface area contributed by atoms with Crippen molar-refractivity contribution in [2.45, 2.75) is 32.0 Å². The molecule has 1 aliphatic rings. The molecule has 1 saturated heterocycles. The molecule has 0 unspecified atom stereocenters. The second-order valence-electron chi connectivity index (χ2n) is 4.11. The van der Waals surface area contributed by atoms with E-state index < -0.39 is 12.2 Å². The predicted molar refractivity (Wildman–Crippen MR) is 53.9 cm³/mol. The van der Waals surface area contributed by atoms with Gasteiger partial charge in [0.15, 0.2) is 0 Å². The Hall–Kier alpha value is -0.160. The lowest BCUT2D eigenvalue weighted by atomic mass is 9.93. The van der Waals surface area contributed by atoms with Crippen molar-refractivity contribution in [3.8, 4) is 0 Å². The van der Waals surface area contributed by atoms with Crippen LogP contribution in [-0.4, -0.2) is 58.7 Å². The van der Waals surface area contributed by atoms with Crippen LogP contribution in [0.3, 0.4) is 0 Å². The molecule has 0 amide bonds. The van der Waals surface area contributed by atoms with Gasteiger partial charge in [-0.25, -0.2) is 0 Å². The highest BCUT2D eigenvalue weighted by atomic mass is 16.3. The monoisotopic (exact) mass is 203 g/mol. The Balaban J connectivity index is 2.41. The Kier molecular flexibility index (Phi) is 4.81. The Morgan fingerprint density at radius 3 is 2.57 bits per heavy atom. The number of hydrogen-bond donors (Lipinski definition) is 3. The average Bonchev–Trinajstić information content (AvgIpc) is 2.19. The smallest absolute Gasteiger partial charge is 0.0929 e. The van der Waals surface area contributed by atoms with E-state index in [1.165, 1.54) is 0 Å². The van der Waals surface area contributed by atoms with Gasteiger partial charge in [0.1, 0.15) is 0 Å². The molecule has 0 radical (unpaired) electrons. The zero-order valence-corrected chi connectivity index (χ0v) is 8.76. The van der Waals surface area contributed by atoms with Crippen molar-refractivity contribution in [3.05, 3.63) is 0 Å². The lowest BCUT2D eigenvalue weighted by molar-refractivity contribution is -0.0861. The van der Waals surface area contributed by atoms with Crippen LogP contribution in [0.25, 0.3) is 0 Å². The molecule has 1 aliphatic heterocycles. The van der Waals surface area contributed by atoms with E-state index in [2.05, 4.69) is 11.8 Å². The fourth-order valence-electron chi connectivity index (χ4n) is 1.93. The van der Waals surface area contributed by atoms with Crippen LogP contribution in [0, 0.1) is 5.92 Å². The van der Waals surface area contributed by atoms with Gasteiger partial charge in [-0.2, -0.15) is 0 Å². The second-order valence-corrected chi connectivity index (χ2v) is 4.11. The van der Waals surface area contributed by atoms with Gasteiger partial charge in [0, 0.05) is 25.6 Å². The van der Waals surface area contributed by atoms with Crippen molar-refractivity contribution >= 4 is 0 Å². The molecule has 0 aromatic rings. The lowest BCUT2D eigenvalue weighted by Crippen LogP contribution is -2.53. The highest BCUT2D eigenvalue weighted by Crippen LogP contribution is 2.17. The minimum atomic E-state index is -0.766. The second kappa shape index (κ2) is 5.66.